The highest BCUT2D eigenvalue weighted by Gasteiger charge is 2.05. The van der Waals surface area contributed by atoms with Crippen LogP contribution in [-0.4, -0.2) is 31.4 Å². The van der Waals surface area contributed by atoms with Crippen LogP contribution in [0.25, 0.3) is 11.2 Å². The summed E-state index contributed by atoms with van der Waals surface area (Å²) in [5, 5.41) is 0.969. The fourth-order valence-corrected chi connectivity index (χ4v) is 3.53. The molecule has 4 nitrogen and oxygen atoms in total. The molecule has 0 unspecified atom stereocenters. The molecule has 0 spiro atoms. The molecule has 0 aliphatic rings. The summed E-state index contributed by atoms with van der Waals surface area (Å²) in [5.41, 5.74) is 1.66. The second-order valence-electron chi connectivity index (χ2n) is 3.79. The smallest absolute Gasteiger partial charge is 0.181 e. The van der Waals surface area contributed by atoms with Crippen molar-refractivity contribution < 1.29 is 0 Å². The molecule has 1 aromatic carbocycles. The van der Waals surface area contributed by atoms with Gasteiger partial charge in [0.05, 0.1) is 6.33 Å². The first-order valence-electron chi connectivity index (χ1n) is 5.88. The topological polar surface area (TPSA) is 54.5 Å². The predicted molar refractivity (Wildman–Crippen MR) is 79.6 cm³/mol. The number of nitrogens with one attached hydrogen (secondary N) is 1. The average Bonchev–Trinajstić information content (AvgIpc) is 2.94. The Morgan fingerprint density at radius 3 is 2.68 bits per heavy atom. The van der Waals surface area contributed by atoms with Gasteiger partial charge in [-0.15, -0.1) is 23.5 Å². The van der Waals surface area contributed by atoms with Gasteiger partial charge in [0, 0.05) is 16.4 Å². The molecule has 19 heavy (non-hydrogen) atoms. The van der Waals surface area contributed by atoms with E-state index >= 15 is 0 Å². The van der Waals surface area contributed by atoms with E-state index in [-0.39, 0.29) is 0 Å². The lowest BCUT2D eigenvalue weighted by atomic mass is 10.4. The molecule has 2 heterocycles. The molecule has 0 saturated heterocycles. The maximum Gasteiger partial charge on any atom is 0.181 e. The monoisotopic (exact) mass is 288 g/mol. The Balaban J connectivity index is 1.57. The number of rotatable bonds is 5. The summed E-state index contributed by atoms with van der Waals surface area (Å²) in [6.07, 6.45) is 3.22. The standard InChI is InChI=1S/C13H12N4S2/c1-2-4-10(5-3-1)18-6-7-19-13-11-12(15-8-14-11)16-9-17-13/h1-5,8-9H,6-7H2,(H,14,15,16,17). The lowest BCUT2D eigenvalue weighted by Crippen LogP contribution is -1.89. The second kappa shape index (κ2) is 6.08. The summed E-state index contributed by atoms with van der Waals surface area (Å²) in [5.74, 6) is 2.05. The first kappa shape index (κ1) is 12.5. The fourth-order valence-electron chi connectivity index (χ4n) is 1.67. The third-order valence-corrected chi connectivity index (χ3v) is 4.79. The van der Waals surface area contributed by atoms with Crippen molar-refractivity contribution >= 4 is 34.7 Å². The van der Waals surface area contributed by atoms with Crippen LogP contribution in [0.15, 0.2) is 52.9 Å². The van der Waals surface area contributed by atoms with Crippen molar-refractivity contribution in [3.05, 3.63) is 43.0 Å². The van der Waals surface area contributed by atoms with E-state index < -0.39 is 0 Å². The van der Waals surface area contributed by atoms with E-state index in [1.807, 2.05) is 17.8 Å². The van der Waals surface area contributed by atoms with Crippen LogP contribution >= 0.6 is 23.5 Å². The molecule has 0 amide bonds. The van der Waals surface area contributed by atoms with Crippen molar-refractivity contribution in [3.63, 3.8) is 0 Å². The van der Waals surface area contributed by atoms with Crippen LogP contribution in [0.4, 0.5) is 0 Å². The minimum atomic E-state index is 0.730. The van der Waals surface area contributed by atoms with Crippen LogP contribution in [-0.2, 0) is 0 Å². The van der Waals surface area contributed by atoms with Gasteiger partial charge in [0.25, 0.3) is 0 Å². The Labute approximate surface area is 119 Å². The highest BCUT2D eigenvalue weighted by molar-refractivity contribution is 8.03. The summed E-state index contributed by atoms with van der Waals surface area (Å²) in [7, 11) is 0. The van der Waals surface area contributed by atoms with Crippen LogP contribution < -0.4 is 0 Å². The van der Waals surface area contributed by atoms with Crippen LogP contribution in [0.3, 0.4) is 0 Å². The van der Waals surface area contributed by atoms with Crippen LogP contribution in [0.5, 0.6) is 0 Å². The van der Waals surface area contributed by atoms with E-state index in [1.54, 1.807) is 24.4 Å². The number of fused-ring (bicyclic) bond motifs is 1. The first-order chi connectivity index (χ1) is 9.43. The zero-order chi connectivity index (χ0) is 12.9. The molecule has 0 fully saturated rings. The van der Waals surface area contributed by atoms with Gasteiger partial charge < -0.3 is 4.98 Å². The Morgan fingerprint density at radius 1 is 0.947 bits per heavy atom. The first-order valence-corrected chi connectivity index (χ1v) is 7.85. The molecule has 0 bridgehead atoms. The number of hydrogen-bond acceptors (Lipinski definition) is 5. The van der Waals surface area contributed by atoms with Crippen molar-refractivity contribution in [2.24, 2.45) is 0 Å². The van der Waals surface area contributed by atoms with E-state index in [0.29, 0.717) is 0 Å². The fraction of sp³-hybridized carbons (Fsp3) is 0.154. The van der Waals surface area contributed by atoms with E-state index in [9.17, 15) is 0 Å². The van der Waals surface area contributed by atoms with Crippen molar-refractivity contribution in [1.29, 1.82) is 0 Å². The lowest BCUT2D eigenvalue weighted by Gasteiger charge is -2.02. The van der Waals surface area contributed by atoms with Crippen LogP contribution in [0.2, 0.25) is 0 Å². The summed E-state index contributed by atoms with van der Waals surface area (Å²) in [4.78, 5) is 16.9. The molecule has 3 rings (SSSR count). The number of nitrogens with zero attached hydrogens (tertiary/aromatic N) is 3. The van der Waals surface area contributed by atoms with E-state index in [1.165, 1.54) is 4.90 Å². The van der Waals surface area contributed by atoms with Crippen molar-refractivity contribution in [1.82, 2.24) is 19.9 Å². The zero-order valence-corrected chi connectivity index (χ0v) is 11.7. The van der Waals surface area contributed by atoms with Gasteiger partial charge in [0.2, 0.25) is 0 Å². The van der Waals surface area contributed by atoms with Gasteiger partial charge >= 0.3 is 0 Å². The zero-order valence-electron chi connectivity index (χ0n) is 10.1. The molecule has 6 heteroatoms. The lowest BCUT2D eigenvalue weighted by molar-refractivity contribution is 1.09. The highest BCUT2D eigenvalue weighted by atomic mass is 32.2. The van der Waals surface area contributed by atoms with Crippen LogP contribution in [0.1, 0.15) is 0 Å². The van der Waals surface area contributed by atoms with Gasteiger partial charge in [-0.2, -0.15) is 0 Å². The van der Waals surface area contributed by atoms with Gasteiger partial charge in [-0.1, -0.05) is 18.2 Å². The minimum absolute atomic E-state index is 0.730. The Hall–Kier alpha value is -1.53. The highest BCUT2D eigenvalue weighted by Crippen LogP contribution is 2.24. The van der Waals surface area contributed by atoms with Gasteiger partial charge in [0.15, 0.2) is 5.65 Å². The van der Waals surface area contributed by atoms with E-state index in [2.05, 4.69) is 44.2 Å². The molecule has 3 aromatic rings. The molecule has 2 aromatic heterocycles. The molecule has 0 aliphatic heterocycles. The Bertz CT molecular complexity index is 654. The third-order valence-electron chi connectivity index (χ3n) is 2.52. The number of aromatic nitrogens is 4. The van der Waals surface area contributed by atoms with Crippen molar-refractivity contribution in [3.8, 4) is 0 Å². The summed E-state index contributed by atoms with van der Waals surface area (Å²) >= 11 is 3.59. The largest absolute Gasteiger partial charge is 0.341 e. The maximum atomic E-state index is 4.30. The number of hydrogen-bond donors (Lipinski definition) is 1. The average molecular weight is 288 g/mol. The molecule has 0 aliphatic carbocycles. The molecule has 0 radical (unpaired) electrons. The SMILES string of the molecule is c1ccc(SCCSc2ncnc3nc[nH]c23)cc1. The number of benzene rings is 1. The normalized spacial score (nSPS) is 10.9. The van der Waals surface area contributed by atoms with E-state index in [0.717, 1.165) is 27.7 Å². The number of H-pyrrole nitrogens is 1. The summed E-state index contributed by atoms with van der Waals surface area (Å²) in [6.45, 7) is 0. The number of imidazole rings is 1. The molecule has 1 N–H and O–H groups in total. The van der Waals surface area contributed by atoms with Gasteiger partial charge in [0.1, 0.15) is 16.9 Å². The second-order valence-corrected chi connectivity index (χ2v) is 6.04. The quantitative estimate of drug-likeness (QED) is 0.444. The van der Waals surface area contributed by atoms with Gasteiger partial charge in [-0.3, -0.25) is 0 Å². The molecular formula is C13H12N4S2. The number of thioether (sulfide) groups is 2. The summed E-state index contributed by atoms with van der Waals surface area (Å²) < 4.78 is 0. The minimum Gasteiger partial charge on any atom is -0.341 e. The summed E-state index contributed by atoms with van der Waals surface area (Å²) in [6, 6.07) is 10.4. The molecule has 96 valence electrons. The van der Waals surface area contributed by atoms with E-state index in [4.69, 9.17) is 0 Å². The van der Waals surface area contributed by atoms with Crippen molar-refractivity contribution in [2.75, 3.05) is 11.5 Å². The molecule has 0 saturated carbocycles. The Morgan fingerprint density at radius 2 is 1.79 bits per heavy atom. The Kier molecular flexibility index (Phi) is 4.00. The van der Waals surface area contributed by atoms with Crippen LogP contribution in [0, 0.1) is 0 Å². The maximum absolute atomic E-state index is 4.30. The molecular weight excluding hydrogens is 276 g/mol. The van der Waals surface area contributed by atoms with Gasteiger partial charge in [-0.05, 0) is 12.1 Å². The number of aromatic amines is 1. The predicted octanol–water partition coefficient (Wildman–Crippen LogP) is 3.24. The third kappa shape index (κ3) is 3.08. The van der Waals surface area contributed by atoms with Crippen molar-refractivity contribution in [2.45, 2.75) is 9.92 Å². The molecule has 0 atom stereocenters. The van der Waals surface area contributed by atoms with Gasteiger partial charge in [-0.25, -0.2) is 15.0 Å².